The van der Waals surface area contributed by atoms with Gasteiger partial charge in [-0.2, -0.15) is 0 Å². The molecule has 0 spiro atoms. The van der Waals surface area contributed by atoms with Crippen LogP contribution >= 0.6 is 11.6 Å². The summed E-state index contributed by atoms with van der Waals surface area (Å²) in [5.74, 6) is 0. The van der Waals surface area contributed by atoms with E-state index >= 15 is 0 Å². The third-order valence-electron chi connectivity index (χ3n) is 4.25. The maximum absolute atomic E-state index is 12.8. The first-order valence-corrected chi connectivity index (χ1v) is 8.76. The third kappa shape index (κ3) is 3.94. The van der Waals surface area contributed by atoms with Gasteiger partial charge in [-0.15, -0.1) is 0 Å². The van der Waals surface area contributed by atoms with Crippen molar-refractivity contribution >= 4 is 35.3 Å². The first-order chi connectivity index (χ1) is 13.4. The van der Waals surface area contributed by atoms with Gasteiger partial charge in [0.1, 0.15) is 0 Å². The fraction of sp³-hybridized carbons (Fsp3) is 0.100. The fourth-order valence-electron chi connectivity index (χ4n) is 2.72. The Hall–Kier alpha value is -3.45. The Morgan fingerprint density at radius 2 is 1.79 bits per heavy atom. The Bertz CT molecular complexity index is 1130. The first kappa shape index (κ1) is 19.3. The summed E-state index contributed by atoms with van der Waals surface area (Å²) in [4.78, 5) is 27.3. The summed E-state index contributed by atoms with van der Waals surface area (Å²) in [5, 5.41) is 11.0. The van der Waals surface area contributed by atoms with Crippen LogP contribution in [0.1, 0.15) is 11.3 Å². The molecule has 0 aliphatic rings. The van der Waals surface area contributed by atoms with E-state index in [2.05, 4.69) is 4.99 Å². The van der Waals surface area contributed by atoms with E-state index < -0.39 is 4.92 Å². The first-order valence-electron chi connectivity index (χ1n) is 8.38. The van der Waals surface area contributed by atoms with Crippen molar-refractivity contribution in [3.05, 3.63) is 91.4 Å². The molecule has 0 aliphatic heterocycles. The number of para-hydroxylation sites is 1. The van der Waals surface area contributed by atoms with Crippen LogP contribution in [-0.4, -0.2) is 20.5 Å². The van der Waals surface area contributed by atoms with Gasteiger partial charge in [0.15, 0.2) is 5.69 Å². The quantitative estimate of drug-likeness (QED) is 0.364. The predicted molar refractivity (Wildman–Crippen MR) is 111 cm³/mol. The largest absolute Gasteiger partial charge is 0.297 e. The van der Waals surface area contributed by atoms with Gasteiger partial charge in [0.2, 0.25) is 0 Å². The molecule has 3 aromatic rings. The Kier molecular flexibility index (Phi) is 5.56. The van der Waals surface area contributed by atoms with Crippen molar-refractivity contribution in [3.8, 4) is 5.69 Å². The number of aliphatic imine (C=N–C) groups is 1. The normalized spacial score (nSPS) is 11.9. The number of nitrogens with zero attached hydrogens (tertiary/aromatic N) is 4. The second-order valence-corrected chi connectivity index (χ2v) is 6.48. The van der Waals surface area contributed by atoms with Crippen molar-refractivity contribution < 1.29 is 4.92 Å². The maximum Gasteiger partial charge on any atom is 0.297 e. The molecule has 1 heterocycles. The molecule has 0 aliphatic carbocycles. The molecule has 0 radical (unpaired) electrons. The topological polar surface area (TPSA) is 82.4 Å². The van der Waals surface area contributed by atoms with Gasteiger partial charge >= 0.3 is 0 Å². The molecule has 3 rings (SSSR count). The standard InChI is InChI=1S/C20H17ClN4O3/c1-14-19(20(26)24(23(14)2)17-6-4-3-5-7-17)22-13-16(21)12-15-8-10-18(11-9-15)25(27)28/h3-13H,1-2H3/b16-12-,22-13?. The van der Waals surface area contributed by atoms with Crippen molar-refractivity contribution in [2.24, 2.45) is 12.0 Å². The molecule has 0 fully saturated rings. The van der Waals surface area contributed by atoms with Crippen molar-refractivity contribution in [1.82, 2.24) is 9.36 Å². The summed E-state index contributed by atoms with van der Waals surface area (Å²) < 4.78 is 3.27. The molecule has 0 saturated heterocycles. The average molecular weight is 397 g/mol. The summed E-state index contributed by atoms with van der Waals surface area (Å²) in [6.07, 6.45) is 3.00. The van der Waals surface area contributed by atoms with E-state index in [9.17, 15) is 14.9 Å². The van der Waals surface area contributed by atoms with Gasteiger partial charge < -0.3 is 0 Å². The van der Waals surface area contributed by atoms with Gasteiger partial charge in [0.05, 0.1) is 21.3 Å². The zero-order valence-corrected chi connectivity index (χ0v) is 16.0. The molecule has 28 heavy (non-hydrogen) atoms. The number of benzene rings is 2. The van der Waals surface area contributed by atoms with Crippen LogP contribution < -0.4 is 5.56 Å². The highest BCUT2D eigenvalue weighted by Gasteiger charge is 2.14. The lowest BCUT2D eigenvalue weighted by Crippen LogP contribution is -2.19. The van der Waals surface area contributed by atoms with Gasteiger partial charge in [-0.05, 0) is 42.8 Å². The molecule has 0 unspecified atom stereocenters. The number of nitro groups is 1. The van der Waals surface area contributed by atoms with Crippen LogP contribution in [0.2, 0.25) is 0 Å². The number of nitro benzene ring substituents is 1. The lowest BCUT2D eigenvalue weighted by molar-refractivity contribution is -0.384. The number of rotatable bonds is 5. The lowest BCUT2D eigenvalue weighted by atomic mass is 10.2. The van der Waals surface area contributed by atoms with E-state index in [1.807, 2.05) is 37.3 Å². The highest BCUT2D eigenvalue weighted by atomic mass is 35.5. The summed E-state index contributed by atoms with van der Waals surface area (Å²) in [7, 11) is 1.79. The Morgan fingerprint density at radius 1 is 1.14 bits per heavy atom. The molecule has 2 aromatic carbocycles. The minimum Gasteiger partial charge on any atom is -0.283 e. The van der Waals surface area contributed by atoms with Gasteiger partial charge in [-0.3, -0.25) is 19.6 Å². The predicted octanol–water partition coefficient (Wildman–Crippen LogP) is 4.37. The highest BCUT2D eigenvalue weighted by Crippen LogP contribution is 2.18. The van der Waals surface area contributed by atoms with Crippen LogP contribution in [0, 0.1) is 17.0 Å². The van der Waals surface area contributed by atoms with Crippen molar-refractivity contribution in [2.45, 2.75) is 6.92 Å². The maximum atomic E-state index is 12.8. The lowest BCUT2D eigenvalue weighted by Gasteiger charge is -2.07. The molecule has 1 aromatic heterocycles. The molecule has 0 N–H and O–H groups in total. The van der Waals surface area contributed by atoms with Crippen LogP contribution in [0.15, 0.2) is 69.4 Å². The van der Waals surface area contributed by atoms with Crippen LogP contribution in [-0.2, 0) is 7.05 Å². The van der Waals surface area contributed by atoms with E-state index in [0.717, 1.165) is 5.69 Å². The van der Waals surface area contributed by atoms with E-state index in [-0.39, 0.29) is 11.2 Å². The molecule has 7 nitrogen and oxygen atoms in total. The monoisotopic (exact) mass is 396 g/mol. The van der Waals surface area contributed by atoms with Gasteiger partial charge in [-0.1, -0.05) is 29.8 Å². The Labute approximate surface area is 166 Å². The Morgan fingerprint density at radius 3 is 2.39 bits per heavy atom. The van der Waals surface area contributed by atoms with Crippen LogP contribution in [0.4, 0.5) is 11.4 Å². The van der Waals surface area contributed by atoms with Gasteiger partial charge in [-0.25, -0.2) is 9.67 Å². The molecular formula is C20H17ClN4O3. The SMILES string of the molecule is Cc1c(N=C/C(Cl)=C/c2ccc([N+](=O)[O-])cc2)c(=O)n(-c2ccccc2)n1C. The summed E-state index contributed by atoms with van der Waals surface area (Å²) in [6, 6.07) is 15.3. The van der Waals surface area contributed by atoms with E-state index in [4.69, 9.17) is 11.6 Å². The molecule has 0 amide bonds. The summed E-state index contributed by atoms with van der Waals surface area (Å²) in [6.45, 7) is 1.81. The summed E-state index contributed by atoms with van der Waals surface area (Å²) >= 11 is 6.20. The zero-order valence-electron chi connectivity index (χ0n) is 15.2. The Balaban J connectivity index is 1.90. The van der Waals surface area contributed by atoms with Crippen LogP contribution in [0.3, 0.4) is 0 Å². The van der Waals surface area contributed by atoms with Gasteiger partial charge in [0.25, 0.3) is 11.2 Å². The smallest absolute Gasteiger partial charge is 0.283 e. The van der Waals surface area contributed by atoms with Gasteiger partial charge in [0, 0.05) is 25.4 Å². The van der Waals surface area contributed by atoms with Crippen molar-refractivity contribution in [1.29, 1.82) is 0 Å². The molecule has 142 valence electrons. The number of allylic oxidation sites excluding steroid dienone is 1. The highest BCUT2D eigenvalue weighted by molar-refractivity contribution is 6.41. The number of halogens is 1. The molecule has 0 atom stereocenters. The second-order valence-electron chi connectivity index (χ2n) is 6.05. The molecule has 0 bridgehead atoms. The van der Waals surface area contributed by atoms with E-state index in [1.165, 1.54) is 23.0 Å². The number of aromatic nitrogens is 2. The van der Waals surface area contributed by atoms with Crippen LogP contribution in [0.5, 0.6) is 0 Å². The van der Waals surface area contributed by atoms with E-state index in [1.54, 1.807) is 29.9 Å². The molecular weight excluding hydrogens is 380 g/mol. The van der Waals surface area contributed by atoms with Crippen molar-refractivity contribution in [2.75, 3.05) is 0 Å². The minimum absolute atomic E-state index is 0.00307. The summed E-state index contributed by atoms with van der Waals surface area (Å²) in [5.41, 5.74) is 2.18. The minimum atomic E-state index is -0.466. The second kappa shape index (κ2) is 8.06. The van der Waals surface area contributed by atoms with E-state index in [0.29, 0.717) is 22.0 Å². The van der Waals surface area contributed by atoms with Crippen molar-refractivity contribution in [3.63, 3.8) is 0 Å². The third-order valence-corrected chi connectivity index (χ3v) is 4.46. The molecule has 8 heteroatoms. The number of non-ortho nitro benzene ring substituents is 1. The fourth-order valence-corrected chi connectivity index (χ4v) is 2.89. The number of hydrogen-bond acceptors (Lipinski definition) is 4. The van der Waals surface area contributed by atoms with Crippen LogP contribution in [0.25, 0.3) is 11.8 Å². The average Bonchev–Trinajstić information content (AvgIpc) is 2.90. The zero-order chi connectivity index (χ0) is 20.3. The molecule has 0 saturated carbocycles. The number of hydrogen-bond donors (Lipinski definition) is 0.